The van der Waals surface area contributed by atoms with Gasteiger partial charge in [-0.3, -0.25) is 0 Å². The summed E-state index contributed by atoms with van der Waals surface area (Å²) in [6.45, 7) is 2.09. The highest BCUT2D eigenvalue weighted by atomic mass is 16.4. The highest BCUT2D eigenvalue weighted by Gasteiger charge is 2.06. The van der Waals surface area contributed by atoms with Crippen LogP contribution in [0.3, 0.4) is 0 Å². The summed E-state index contributed by atoms with van der Waals surface area (Å²) in [5, 5.41) is 7.98. The molecule has 0 saturated heterocycles. The molecule has 2 rings (SSSR count). The molecule has 16 heavy (non-hydrogen) atoms. The van der Waals surface area contributed by atoms with Crippen LogP contribution in [0, 0.1) is 0 Å². The SMILES string of the molecule is CCCc1nnc(Cc2cccc(N)c2)o1. The van der Waals surface area contributed by atoms with Gasteiger partial charge in [0.05, 0.1) is 6.42 Å². The molecule has 2 aromatic rings. The monoisotopic (exact) mass is 217 g/mol. The van der Waals surface area contributed by atoms with Crippen molar-refractivity contribution in [2.45, 2.75) is 26.2 Å². The topological polar surface area (TPSA) is 64.9 Å². The summed E-state index contributed by atoms with van der Waals surface area (Å²) in [5.74, 6) is 1.36. The summed E-state index contributed by atoms with van der Waals surface area (Å²) in [7, 11) is 0. The van der Waals surface area contributed by atoms with Crippen LogP contribution in [-0.4, -0.2) is 10.2 Å². The van der Waals surface area contributed by atoms with Crippen LogP contribution in [0.2, 0.25) is 0 Å². The molecule has 4 nitrogen and oxygen atoms in total. The second-order valence-electron chi connectivity index (χ2n) is 3.76. The lowest BCUT2D eigenvalue weighted by Crippen LogP contribution is -1.91. The molecule has 0 saturated carbocycles. The molecule has 0 spiro atoms. The first-order valence-corrected chi connectivity index (χ1v) is 5.43. The number of aromatic nitrogens is 2. The van der Waals surface area contributed by atoms with Gasteiger partial charge < -0.3 is 10.2 Å². The minimum Gasteiger partial charge on any atom is -0.425 e. The van der Waals surface area contributed by atoms with Gasteiger partial charge in [-0.25, -0.2) is 0 Å². The zero-order chi connectivity index (χ0) is 11.4. The van der Waals surface area contributed by atoms with Crippen molar-refractivity contribution in [2.24, 2.45) is 0 Å². The van der Waals surface area contributed by atoms with Crippen LogP contribution in [0.1, 0.15) is 30.7 Å². The van der Waals surface area contributed by atoms with E-state index in [9.17, 15) is 0 Å². The summed E-state index contributed by atoms with van der Waals surface area (Å²) in [5.41, 5.74) is 7.54. The first kappa shape index (κ1) is 10.7. The molecule has 0 bridgehead atoms. The van der Waals surface area contributed by atoms with E-state index in [4.69, 9.17) is 10.2 Å². The van der Waals surface area contributed by atoms with Crippen LogP contribution in [0.25, 0.3) is 0 Å². The largest absolute Gasteiger partial charge is 0.425 e. The predicted octanol–water partition coefficient (Wildman–Crippen LogP) is 2.20. The minimum absolute atomic E-state index is 0.641. The van der Waals surface area contributed by atoms with Gasteiger partial charge in [0, 0.05) is 12.1 Å². The van der Waals surface area contributed by atoms with Crippen LogP contribution >= 0.6 is 0 Å². The van der Waals surface area contributed by atoms with Crippen LogP contribution in [0.15, 0.2) is 28.7 Å². The van der Waals surface area contributed by atoms with Crippen molar-refractivity contribution in [3.05, 3.63) is 41.6 Å². The molecule has 0 fully saturated rings. The molecular weight excluding hydrogens is 202 g/mol. The first-order valence-electron chi connectivity index (χ1n) is 5.43. The number of aryl methyl sites for hydroxylation is 1. The molecule has 1 aromatic heterocycles. The lowest BCUT2D eigenvalue weighted by molar-refractivity contribution is 0.455. The Kier molecular flexibility index (Phi) is 3.19. The zero-order valence-electron chi connectivity index (χ0n) is 9.31. The van der Waals surface area contributed by atoms with Gasteiger partial charge in [0.2, 0.25) is 11.8 Å². The Morgan fingerprint density at radius 2 is 2.06 bits per heavy atom. The third-order valence-corrected chi connectivity index (χ3v) is 2.28. The van der Waals surface area contributed by atoms with Gasteiger partial charge in [0.25, 0.3) is 0 Å². The highest BCUT2D eigenvalue weighted by Crippen LogP contribution is 2.12. The maximum atomic E-state index is 5.70. The van der Waals surface area contributed by atoms with Crippen molar-refractivity contribution in [1.29, 1.82) is 0 Å². The number of nitrogens with zero attached hydrogens (tertiary/aromatic N) is 2. The Bertz CT molecular complexity index is 465. The van der Waals surface area contributed by atoms with E-state index in [1.807, 2.05) is 24.3 Å². The normalized spacial score (nSPS) is 10.6. The van der Waals surface area contributed by atoms with Crippen LogP contribution in [0.5, 0.6) is 0 Å². The standard InChI is InChI=1S/C12H15N3O/c1-2-4-11-14-15-12(16-11)8-9-5-3-6-10(13)7-9/h3,5-7H,2,4,8,13H2,1H3. The molecule has 0 aliphatic rings. The molecule has 0 radical (unpaired) electrons. The van der Waals surface area contributed by atoms with Gasteiger partial charge >= 0.3 is 0 Å². The Hall–Kier alpha value is -1.84. The number of anilines is 1. The Morgan fingerprint density at radius 3 is 2.81 bits per heavy atom. The van der Waals surface area contributed by atoms with Gasteiger partial charge in [-0.05, 0) is 24.1 Å². The second-order valence-corrected chi connectivity index (χ2v) is 3.76. The van der Waals surface area contributed by atoms with Gasteiger partial charge in [0.15, 0.2) is 0 Å². The quantitative estimate of drug-likeness (QED) is 0.797. The maximum Gasteiger partial charge on any atom is 0.220 e. The van der Waals surface area contributed by atoms with Crippen LogP contribution < -0.4 is 5.73 Å². The number of hydrogen-bond acceptors (Lipinski definition) is 4. The average Bonchev–Trinajstić information content (AvgIpc) is 2.66. The lowest BCUT2D eigenvalue weighted by atomic mass is 10.1. The summed E-state index contributed by atoms with van der Waals surface area (Å²) in [4.78, 5) is 0. The molecular formula is C12H15N3O. The summed E-state index contributed by atoms with van der Waals surface area (Å²) < 4.78 is 5.50. The molecule has 1 aromatic carbocycles. The summed E-state index contributed by atoms with van der Waals surface area (Å²) >= 11 is 0. The lowest BCUT2D eigenvalue weighted by Gasteiger charge is -1.98. The van der Waals surface area contributed by atoms with Crippen molar-refractivity contribution in [2.75, 3.05) is 5.73 Å². The number of hydrogen-bond donors (Lipinski definition) is 1. The fourth-order valence-electron chi connectivity index (χ4n) is 1.55. The fourth-order valence-corrected chi connectivity index (χ4v) is 1.55. The van der Waals surface area contributed by atoms with Crippen molar-refractivity contribution in [3.8, 4) is 0 Å². The smallest absolute Gasteiger partial charge is 0.220 e. The van der Waals surface area contributed by atoms with Crippen LogP contribution in [0.4, 0.5) is 5.69 Å². The van der Waals surface area contributed by atoms with Crippen molar-refractivity contribution < 1.29 is 4.42 Å². The molecule has 0 aliphatic heterocycles. The molecule has 0 unspecified atom stereocenters. The molecule has 4 heteroatoms. The van der Waals surface area contributed by atoms with E-state index in [0.29, 0.717) is 18.2 Å². The van der Waals surface area contributed by atoms with E-state index in [1.54, 1.807) is 0 Å². The van der Waals surface area contributed by atoms with E-state index in [2.05, 4.69) is 17.1 Å². The number of benzene rings is 1. The van der Waals surface area contributed by atoms with E-state index in [0.717, 1.165) is 24.1 Å². The number of nitrogen functional groups attached to an aromatic ring is 1. The van der Waals surface area contributed by atoms with E-state index in [-0.39, 0.29) is 0 Å². The molecule has 0 atom stereocenters. The maximum absolute atomic E-state index is 5.70. The number of rotatable bonds is 4. The van der Waals surface area contributed by atoms with E-state index >= 15 is 0 Å². The Balaban J connectivity index is 2.08. The van der Waals surface area contributed by atoms with E-state index in [1.165, 1.54) is 0 Å². The van der Waals surface area contributed by atoms with Gasteiger partial charge in [-0.2, -0.15) is 0 Å². The highest BCUT2D eigenvalue weighted by molar-refractivity contribution is 5.41. The second kappa shape index (κ2) is 4.79. The molecule has 84 valence electrons. The van der Waals surface area contributed by atoms with Gasteiger partial charge in [-0.15, -0.1) is 10.2 Å². The third-order valence-electron chi connectivity index (χ3n) is 2.28. The van der Waals surface area contributed by atoms with E-state index < -0.39 is 0 Å². The first-order chi connectivity index (χ1) is 7.78. The van der Waals surface area contributed by atoms with Crippen molar-refractivity contribution in [1.82, 2.24) is 10.2 Å². The van der Waals surface area contributed by atoms with Gasteiger partial charge in [0.1, 0.15) is 0 Å². The summed E-state index contributed by atoms with van der Waals surface area (Å²) in [6, 6.07) is 7.71. The third kappa shape index (κ3) is 2.59. The zero-order valence-corrected chi connectivity index (χ0v) is 9.31. The average molecular weight is 217 g/mol. The fraction of sp³-hybridized carbons (Fsp3) is 0.333. The molecule has 0 amide bonds. The minimum atomic E-state index is 0.641. The molecule has 1 heterocycles. The molecule has 0 aliphatic carbocycles. The molecule has 2 N–H and O–H groups in total. The Morgan fingerprint density at radius 1 is 1.25 bits per heavy atom. The van der Waals surface area contributed by atoms with Gasteiger partial charge in [-0.1, -0.05) is 19.1 Å². The van der Waals surface area contributed by atoms with Crippen LogP contribution in [-0.2, 0) is 12.8 Å². The number of nitrogens with two attached hydrogens (primary N) is 1. The predicted molar refractivity (Wildman–Crippen MR) is 62.0 cm³/mol. The summed E-state index contributed by atoms with van der Waals surface area (Å²) in [6.07, 6.45) is 2.49. The van der Waals surface area contributed by atoms with Crippen molar-refractivity contribution >= 4 is 5.69 Å². The Labute approximate surface area is 94.5 Å². The van der Waals surface area contributed by atoms with Crippen molar-refractivity contribution in [3.63, 3.8) is 0 Å².